The van der Waals surface area contributed by atoms with E-state index in [0.29, 0.717) is 6.54 Å². The average molecular weight is 272 g/mol. The summed E-state index contributed by atoms with van der Waals surface area (Å²) in [6, 6.07) is 0. The Labute approximate surface area is 110 Å². The Bertz CT molecular complexity index is 201. The molecule has 0 aromatic heterocycles. The van der Waals surface area contributed by atoms with E-state index in [1.807, 2.05) is 0 Å². The van der Waals surface area contributed by atoms with E-state index in [1.165, 1.54) is 25.9 Å². The van der Waals surface area contributed by atoms with Crippen LogP contribution < -0.4 is 11.1 Å². The van der Waals surface area contributed by atoms with E-state index in [4.69, 9.17) is 5.73 Å². The molecule has 0 saturated carbocycles. The zero-order chi connectivity index (χ0) is 10.6. The molecule has 0 aromatic carbocycles. The molecule has 4 nitrogen and oxygen atoms in total. The molecule has 16 heavy (non-hydrogen) atoms. The minimum Gasteiger partial charge on any atom is -0.353 e. The van der Waals surface area contributed by atoms with Gasteiger partial charge in [0.1, 0.15) is 0 Å². The molecule has 0 aromatic rings. The SMILES string of the molecule is CC(C)(N)C(=O)NCCN1CCCC1.Cl.Cl. The quantitative estimate of drug-likeness (QED) is 0.795. The Morgan fingerprint density at radius 2 is 1.81 bits per heavy atom. The molecule has 6 heteroatoms. The maximum atomic E-state index is 11.4. The lowest BCUT2D eigenvalue weighted by molar-refractivity contribution is -0.125. The van der Waals surface area contributed by atoms with Gasteiger partial charge < -0.3 is 16.0 Å². The Morgan fingerprint density at radius 3 is 2.25 bits per heavy atom. The molecular weight excluding hydrogens is 249 g/mol. The van der Waals surface area contributed by atoms with Crippen LogP contribution in [0.3, 0.4) is 0 Å². The summed E-state index contributed by atoms with van der Waals surface area (Å²) in [6.45, 7) is 7.43. The Balaban J connectivity index is 0. The Morgan fingerprint density at radius 1 is 1.31 bits per heavy atom. The average Bonchev–Trinajstić information content (AvgIpc) is 2.55. The first-order valence-electron chi connectivity index (χ1n) is 5.30. The molecule has 98 valence electrons. The van der Waals surface area contributed by atoms with Gasteiger partial charge in [0.2, 0.25) is 5.91 Å². The summed E-state index contributed by atoms with van der Waals surface area (Å²) >= 11 is 0. The molecule has 0 radical (unpaired) electrons. The summed E-state index contributed by atoms with van der Waals surface area (Å²) < 4.78 is 0. The molecule has 1 fully saturated rings. The van der Waals surface area contributed by atoms with Crippen LogP contribution in [-0.2, 0) is 4.79 Å². The first-order chi connectivity index (χ1) is 6.50. The lowest BCUT2D eigenvalue weighted by atomic mass is 10.1. The highest BCUT2D eigenvalue weighted by molar-refractivity contribution is 5.85. The van der Waals surface area contributed by atoms with Crippen LogP contribution in [0.5, 0.6) is 0 Å². The van der Waals surface area contributed by atoms with Crippen LogP contribution in [0.1, 0.15) is 26.7 Å². The van der Waals surface area contributed by atoms with Crippen LogP contribution in [-0.4, -0.2) is 42.5 Å². The molecule has 3 N–H and O–H groups in total. The monoisotopic (exact) mass is 271 g/mol. The van der Waals surface area contributed by atoms with Crippen molar-refractivity contribution in [2.24, 2.45) is 5.73 Å². The van der Waals surface area contributed by atoms with Crippen molar-refractivity contribution in [2.45, 2.75) is 32.2 Å². The van der Waals surface area contributed by atoms with Crippen LogP contribution >= 0.6 is 24.8 Å². The fourth-order valence-electron chi connectivity index (χ4n) is 1.56. The van der Waals surface area contributed by atoms with Gasteiger partial charge in [-0.3, -0.25) is 4.79 Å². The summed E-state index contributed by atoms with van der Waals surface area (Å²) in [5.41, 5.74) is 4.89. The number of carbonyl (C=O) groups excluding carboxylic acids is 1. The van der Waals surface area contributed by atoms with Gasteiger partial charge in [-0.2, -0.15) is 0 Å². The number of hydrogen-bond donors (Lipinski definition) is 2. The minimum absolute atomic E-state index is 0. The van der Waals surface area contributed by atoms with Gasteiger partial charge in [0.05, 0.1) is 5.54 Å². The normalized spacial score (nSPS) is 16.2. The van der Waals surface area contributed by atoms with Crippen LogP contribution in [0.15, 0.2) is 0 Å². The van der Waals surface area contributed by atoms with E-state index < -0.39 is 5.54 Å². The molecule has 1 saturated heterocycles. The fourth-order valence-corrected chi connectivity index (χ4v) is 1.56. The number of likely N-dealkylation sites (tertiary alicyclic amines) is 1. The molecule has 1 amide bonds. The second-order valence-electron chi connectivity index (χ2n) is 4.53. The van der Waals surface area contributed by atoms with E-state index in [-0.39, 0.29) is 30.7 Å². The molecule has 0 bridgehead atoms. The number of nitrogens with one attached hydrogen (secondary N) is 1. The van der Waals surface area contributed by atoms with Crippen molar-refractivity contribution in [3.63, 3.8) is 0 Å². The third kappa shape index (κ3) is 6.53. The molecule has 0 aliphatic carbocycles. The predicted molar refractivity (Wildman–Crippen MR) is 71.4 cm³/mol. The van der Waals surface area contributed by atoms with Crippen molar-refractivity contribution in [1.82, 2.24) is 10.2 Å². The maximum Gasteiger partial charge on any atom is 0.239 e. The first-order valence-corrected chi connectivity index (χ1v) is 5.30. The molecule has 1 aliphatic rings. The summed E-state index contributed by atoms with van der Waals surface area (Å²) in [5.74, 6) is -0.0725. The van der Waals surface area contributed by atoms with Crippen molar-refractivity contribution in [2.75, 3.05) is 26.2 Å². The van der Waals surface area contributed by atoms with Crippen LogP contribution in [0.4, 0.5) is 0 Å². The number of nitrogens with two attached hydrogens (primary N) is 1. The van der Waals surface area contributed by atoms with Gasteiger partial charge in [-0.25, -0.2) is 0 Å². The second kappa shape index (κ2) is 8.12. The van der Waals surface area contributed by atoms with Gasteiger partial charge >= 0.3 is 0 Å². The first kappa shape index (κ1) is 18.3. The zero-order valence-electron chi connectivity index (χ0n) is 9.99. The summed E-state index contributed by atoms with van der Waals surface area (Å²) in [4.78, 5) is 13.7. The number of rotatable bonds is 4. The molecule has 1 heterocycles. The van der Waals surface area contributed by atoms with E-state index in [1.54, 1.807) is 13.8 Å². The van der Waals surface area contributed by atoms with E-state index >= 15 is 0 Å². The smallest absolute Gasteiger partial charge is 0.239 e. The maximum absolute atomic E-state index is 11.4. The summed E-state index contributed by atoms with van der Waals surface area (Å²) in [5, 5.41) is 2.84. The van der Waals surface area contributed by atoms with Gasteiger partial charge in [-0.1, -0.05) is 0 Å². The highest BCUT2D eigenvalue weighted by atomic mass is 35.5. The van der Waals surface area contributed by atoms with E-state index in [2.05, 4.69) is 10.2 Å². The lowest BCUT2D eigenvalue weighted by Gasteiger charge is -2.20. The zero-order valence-corrected chi connectivity index (χ0v) is 11.6. The third-order valence-corrected chi connectivity index (χ3v) is 2.50. The number of amides is 1. The van der Waals surface area contributed by atoms with Crippen LogP contribution in [0, 0.1) is 0 Å². The van der Waals surface area contributed by atoms with Crippen molar-refractivity contribution in [3.8, 4) is 0 Å². The van der Waals surface area contributed by atoms with Crippen LogP contribution in [0.25, 0.3) is 0 Å². The standard InChI is InChI=1S/C10H21N3O.2ClH/c1-10(2,11)9(14)12-5-8-13-6-3-4-7-13;;/h3-8,11H2,1-2H3,(H,12,14);2*1H. The fraction of sp³-hybridized carbons (Fsp3) is 0.900. The van der Waals surface area contributed by atoms with Gasteiger partial charge in [-0.15, -0.1) is 24.8 Å². The second-order valence-corrected chi connectivity index (χ2v) is 4.53. The third-order valence-electron chi connectivity index (χ3n) is 2.50. The summed E-state index contributed by atoms with van der Waals surface area (Å²) in [7, 11) is 0. The number of hydrogen-bond acceptors (Lipinski definition) is 3. The molecule has 0 unspecified atom stereocenters. The Kier molecular flexibility index (Phi) is 9.30. The molecule has 0 spiro atoms. The van der Waals surface area contributed by atoms with Gasteiger partial charge in [0.15, 0.2) is 0 Å². The number of carbonyl (C=O) groups is 1. The minimum atomic E-state index is -0.759. The van der Waals surface area contributed by atoms with Crippen molar-refractivity contribution >= 4 is 30.7 Å². The van der Waals surface area contributed by atoms with Gasteiger partial charge in [0, 0.05) is 13.1 Å². The predicted octanol–water partition coefficient (Wildman–Crippen LogP) is 0.779. The van der Waals surface area contributed by atoms with Crippen LogP contribution in [0.2, 0.25) is 0 Å². The van der Waals surface area contributed by atoms with E-state index in [9.17, 15) is 4.79 Å². The molecule has 0 atom stereocenters. The van der Waals surface area contributed by atoms with Crippen molar-refractivity contribution in [3.05, 3.63) is 0 Å². The van der Waals surface area contributed by atoms with Crippen molar-refractivity contribution < 1.29 is 4.79 Å². The molecular formula is C10H23Cl2N3O. The molecule has 1 aliphatic heterocycles. The highest BCUT2D eigenvalue weighted by Crippen LogP contribution is 2.05. The Hall–Kier alpha value is -0.0300. The topological polar surface area (TPSA) is 58.4 Å². The lowest BCUT2D eigenvalue weighted by Crippen LogP contribution is -2.50. The van der Waals surface area contributed by atoms with Gasteiger partial charge in [0.25, 0.3) is 0 Å². The summed E-state index contributed by atoms with van der Waals surface area (Å²) in [6.07, 6.45) is 2.58. The highest BCUT2D eigenvalue weighted by Gasteiger charge is 2.21. The van der Waals surface area contributed by atoms with E-state index in [0.717, 1.165) is 6.54 Å². The van der Waals surface area contributed by atoms with Gasteiger partial charge in [-0.05, 0) is 39.8 Å². The number of halogens is 2. The number of nitrogens with zero attached hydrogens (tertiary/aromatic N) is 1. The largest absolute Gasteiger partial charge is 0.353 e. The molecule has 1 rings (SSSR count). The van der Waals surface area contributed by atoms with Crippen molar-refractivity contribution in [1.29, 1.82) is 0 Å².